The summed E-state index contributed by atoms with van der Waals surface area (Å²) in [7, 11) is 0. The van der Waals surface area contributed by atoms with Crippen LogP contribution < -0.4 is 5.73 Å². The maximum Gasteiger partial charge on any atom is 0.325 e. The Morgan fingerprint density at radius 1 is 1.40 bits per heavy atom. The number of hydrogen-bond acceptors (Lipinski definition) is 2. The zero-order chi connectivity index (χ0) is 11.6. The molecule has 0 radical (unpaired) electrons. The Bertz CT molecular complexity index is 384. The quantitative estimate of drug-likeness (QED) is 0.894. The molecule has 3 nitrogen and oxygen atoms in total. The average Bonchev–Trinajstić information content (AvgIpc) is 2.15. The summed E-state index contributed by atoms with van der Waals surface area (Å²) in [6.07, 6.45) is -2.74. The van der Waals surface area contributed by atoms with E-state index in [0.29, 0.717) is 4.47 Å². The van der Waals surface area contributed by atoms with E-state index in [4.69, 9.17) is 10.8 Å². The van der Waals surface area contributed by atoms with Gasteiger partial charge < -0.3 is 10.8 Å². The van der Waals surface area contributed by atoms with Gasteiger partial charge in [-0.15, -0.1) is 0 Å². The van der Waals surface area contributed by atoms with Crippen molar-refractivity contribution < 1.29 is 18.7 Å². The van der Waals surface area contributed by atoms with Gasteiger partial charge in [-0.25, -0.2) is 8.78 Å². The van der Waals surface area contributed by atoms with Gasteiger partial charge in [-0.05, 0) is 17.7 Å². The van der Waals surface area contributed by atoms with Gasteiger partial charge >= 0.3 is 5.97 Å². The molecule has 0 aliphatic heterocycles. The molecular weight excluding hydrogens is 272 g/mol. The van der Waals surface area contributed by atoms with Crippen molar-refractivity contribution in [3.8, 4) is 0 Å². The molecule has 0 heterocycles. The molecule has 0 aliphatic rings. The monoisotopic (exact) mass is 279 g/mol. The van der Waals surface area contributed by atoms with E-state index >= 15 is 0 Å². The van der Waals surface area contributed by atoms with E-state index in [1.165, 1.54) is 12.1 Å². The highest BCUT2D eigenvalue weighted by Gasteiger charge is 2.22. The number of alkyl halides is 2. The van der Waals surface area contributed by atoms with Crippen LogP contribution in [0, 0.1) is 0 Å². The summed E-state index contributed by atoms with van der Waals surface area (Å²) in [6.45, 7) is 0. The van der Waals surface area contributed by atoms with E-state index in [0.717, 1.165) is 6.07 Å². The zero-order valence-corrected chi connectivity index (χ0v) is 9.04. The Balaban J connectivity index is 3.24. The summed E-state index contributed by atoms with van der Waals surface area (Å²) in [6, 6.07) is 2.43. The molecule has 0 fully saturated rings. The first-order valence-corrected chi connectivity index (χ1v) is 4.78. The SMILES string of the molecule is NC(C(=O)O)c1cc(Br)ccc1C(F)F. The van der Waals surface area contributed by atoms with Gasteiger partial charge in [0.15, 0.2) is 0 Å². The first kappa shape index (κ1) is 12.1. The molecule has 0 aliphatic carbocycles. The molecule has 0 saturated carbocycles. The van der Waals surface area contributed by atoms with Gasteiger partial charge in [-0.3, -0.25) is 4.79 Å². The minimum atomic E-state index is -2.74. The van der Waals surface area contributed by atoms with Gasteiger partial charge in [0.25, 0.3) is 6.43 Å². The molecule has 0 spiro atoms. The lowest BCUT2D eigenvalue weighted by Crippen LogP contribution is -2.22. The van der Waals surface area contributed by atoms with Crippen molar-refractivity contribution in [3.63, 3.8) is 0 Å². The Kier molecular flexibility index (Phi) is 3.76. The molecule has 0 amide bonds. The molecule has 1 aromatic carbocycles. The lowest BCUT2D eigenvalue weighted by molar-refractivity contribution is -0.138. The lowest BCUT2D eigenvalue weighted by Gasteiger charge is -2.12. The van der Waals surface area contributed by atoms with E-state index in [1.54, 1.807) is 0 Å². The minimum absolute atomic E-state index is 0.0770. The molecule has 15 heavy (non-hydrogen) atoms. The summed E-state index contributed by atoms with van der Waals surface area (Å²) >= 11 is 3.07. The van der Waals surface area contributed by atoms with Crippen LogP contribution in [0.3, 0.4) is 0 Å². The maximum absolute atomic E-state index is 12.5. The van der Waals surface area contributed by atoms with Crippen LogP contribution in [0.5, 0.6) is 0 Å². The van der Waals surface area contributed by atoms with Crippen molar-refractivity contribution in [2.45, 2.75) is 12.5 Å². The van der Waals surface area contributed by atoms with Crippen molar-refractivity contribution >= 4 is 21.9 Å². The molecule has 0 saturated heterocycles. The van der Waals surface area contributed by atoms with Crippen molar-refractivity contribution in [1.29, 1.82) is 0 Å². The highest BCUT2D eigenvalue weighted by Crippen LogP contribution is 2.29. The molecule has 1 aromatic rings. The van der Waals surface area contributed by atoms with Gasteiger partial charge in [0.05, 0.1) is 0 Å². The molecule has 3 N–H and O–H groups in total. The van der Waals surface area contributed by atoms with Gasteiger partial charge in [0.1, 0.15) is 6.04 Å². The summed E-state index contributed by atoms with van der Waals surface area (Å²) < 4.78 is 25.6. The second kappa shape index (κ2) is 4.67. The maximum atomic E-state index is 12.5. The third-order valence-corrected chi connectivity index (χ3v) is 2.38. The Hall–Kier alpha value is -1.01. The van der Waals surface area contributed by atoms with E-state index in [1.807, 2.05) is 0 Å². The van der Waals surface area contributed by atoms with Gasteiger partial charge in [-0.1, -0.05) is 22.0 Å². The van der Waals surface area contributed by atoms with Crippen LogP contribution in [0.25, 0.3) is 0 Å². The number of nitrogens with two attached hydrogens (primary N) is 1. The average molecular weight is 280 g/mol. The van der Waals surface area contributed by atoms with Crippen LogP contribution in [0.1, 0.15) is 23.6 Å². The third-order valence-electron chi connectivity index (χ3n) is 1.89. The highest BCUT2D eigenvalue weighted by molar-refractivity contribution is 9.10. The number of halogens is 3. The molecule has 6 heteroatoms. The smallest absolute Gasteiger partial charge is 0.325 e. The van der Waals surface area contributed by atoms with Crippen molar-refractivity contribution in [2.24, 2.45) is 5.73 Å². The van der Waals surface area contributed by atoms with Crippen LogP contribution >= 0.6 is 15.9 Å². The van der Waals surface area contributed by atoms with E-state index in [-0.39, 0.29) is 11.1 Å². The summed E-state index contributed by atoms with van der Waals surface area (Å²) in [4.78, 5) is 10.6. The van der Waals surface area contributed by atoms with Crippen molar-refractivity contribution in [1.82, 2.24) is 0 Å². The normalized spacial score (nSPS) is 12.9. The van der Waals surface area contributed by atoms with Gasteiger partial charge in [-0.2, -0.15) is 0 Å². The standard InChI is InChI=1S/C9H8BrF2NO2/c10-4-1-2-5(8(11)12)6(3-4)7(13)9(14)15/h1-3,7-8H,13H2,(H,14,15). The van der Waals surface area contributed by atoms with E-state index < -0.39 is 18.4 Å². The van der Waals surface area contributed by atoms with Crippen LogP contribution in [-0.4, -0.2) is 11.1 Å². The van der Waals surface area contributed by atoms with E-state index in [9.17, 15) is 13.6 Å². The highest BCUT2D eigenvalue weighted by atomic mass is 79.9. The summed E-state index contributed by atoms with van der Waals surface area (Å²) in [5.74, 6) is -1.34. The number of carboxylic acid groups (broad SMARTS) is 1. The molecule has 1 unspecified atom stereocenters. The predicted octanol–water partition coefficient (Wildman–Crippen LogP) is 2.47. The second-order valence-corrected chi connectivity index (χ2v) is 3.81. The fourth-order valence-corrected chi connectivity index (χ4v) is 1.53. The van der Waals surface area contributed by atoms with Gasteiger partial charge in [0, 0.05) is 10.0 Å². The Morgan fingerprint density at radius 2 is 2.00 bits per heavy atom. The number of rotatable bonds is 3. The largest absolute Gasteiger partial charge is 0.480 e. The fraction of sp³-hybridized carbons (Fsp3) is 0.222. The number of aliphatic carboxylic acids is 1. The van der Waals surface area contributed by atoms with Crippen LogP contribution in [0.2, 0.25) is 0 Å². The number of carboxylic acids is 1. The molecule has 0 bridgehead atoms. The van der Waals surface area contributed by atoms with Gasteiger partial charge in [0.2, 0.25) is 0 Å². The number of benzene rings is 1. The van der Waals surface area contributed by atoms with Crippen LogP contribution in [0.4, 0.5) is 8.78 Å². The van der Waals surface area contributed by atoms with Crippen molar-refractivity contribution in [2.75, 3.05) is 0 Å². The molecular formula is C9H8BrF2NO2. The third kappa shape index (κ3) is 2.73. The molecule has 1 rings (SSSR count). The summed E-state index contributed by atoms with van der Waals surface area (Å²) in [5.41, 5.74) is 4.86. The minimum Gasteiger partial charge on any atom is -0.480 e. The van der Waals surface area contributed by atoms with Crippen LogP contribution in [-0.2, 0) is 4.79 Å². The topological polar surface area (TPSA) is 63.3 Å². The first-order chi connectivity index (χ1) is 6.93. The Labute approximate surface area is 93.0 Å². The number of hydrogen-bond donors (Lipinski definition) is 2. The molecule has 1 atom stereocenters. The summed E-state index contributed by atoms with van der Waals surface area (Å²) in [5, 5.41) is 8.65. The van der Waals surface area contributed by atoms with Crippen molar-refractivity contribution in [3.05, 3.63) is 33.8 Å². The second-order valence-electron chi connectivity index (χ2n) is 2.89. The fourth-order valence-electron chi connectivity index (χ4n) is 1.15. The molecule has 0 aromatic heterocycles. The molecule has 82 valence electrons. The zero-order valence-electron chi connectivity index (χ0n) is 7.45. The Morgan fingerprint density at radius 3 is 2.47 bits per heavy atom. The first-order valence-electron chi connectivity index (χ1n) is 3.99. The number of carbonyl (C=O) groups is 1. The van der Waals surface area contributed by atoms with E-state index in [2.05, 4.69) is 15.9 Å². The lowest BCUT2D eigenvalue weighted by atomic mass is 10.0. The van der Waals surface area contributed by atoms with Crippen LogP contribution in [0.15, 0.2) is 22.7 Å². The predicted molar refractivity (Wildman–Crippen MR) is 53.7 cm³/mol.